The van der Waals surface area contributed by atoms with Crippen LogP contribution in [-0.4, -0.2) is 41.0 Å². The molecule has 1 atom stereocenters. The minimum Gasteiger partial charge on any atom is -0.439 e. The van der Waals surface area contributed by atoms with E-state index in [4.69, 9.17) is 4.74 Å². The van der Waals surface area contributed by atoms with Gasteiger partial charge in [-0.1, -0.05) is 6.07 Å². The Hall–Kier alpha value is -4.02. The van der Waals surface area contributed by atoms with Crippen molar-refractivity contribution in [1.82, 2.24) is 20.6 Å². The first-order valence-electron chi connectivity index (χ1n) is 11.4. The second kappa shape index (κ2) is 8.97. The third kappa shape index (κ3) is 4.07. The van der Waals surface area contributed by atoms with Gasteiger partial charge < -0.3 is 20.7 Å². The van der Waals surface area contributed by atoms with Crippen molar-refractivity contribution in [2.24, 2.45) is 0 Å². The van der Waals surface area contributed by atoms with Crippen LogP contribution in [0.5, 0.6) is 11.6 Å². The molecular weight excluding hydrogens is 464 g/mol. The fourth-order valence-electron chi connectivity index (χ4n) is 4.42. The van der Waals surface area contributed by atoms with Gasteiger partial charge in [0.05, 0.1) is 22.4 Å². The van der Waals surface area contributed by atoms with E-state index < -0.39 is 0 Å². The normalized spacial score (nSPS) is 17.2. The van der Waals surface area contributed by atoms with Crippen molar-refractivity contribution in [3.63, 3.8) is 0 Å². The van der Waals surface area contributed by atoms with Gasteiger partial charge in [-0.25, -0.2) is 14.8 Å². The molecule has 0 saturated carbocycles. The van der Waals surface area contributed by atoms with Crippen molar-refractivity contribution in [2.45, 2.75) is 18.9 Å². The molecule has 1 unspecified atom stereocenters. The Balaban J connectivity index is 1.31. The number of anilines is 3. The highest BCUT2D eigenvalue weighted by atomic mass is 32.1. The van der Waals surface area contributed by atoms with Gasteiger partial charge in [-0.15, -0.1) is 11.3 Å². The van der Waals surface area contributed by atoms with Gasteiger partial charge in [0, 0.05) is 31.0 Å². The van der Waals surface area contributed by atoms with Gasteiger partial charge in [-0.2, -0.15) is 0 Å². The number of aromatic nitrogens is 2. The van der Waals surface area contributed by atoms with Crippen LogP contribution in [0.15, 0.2) is 60.9 Å². The van der Waals surface area contributed by atoms with Crippen molar-refractivity contribution in [3.8, 4) is 11.6 Å². The molecule has 1 fully saturated rings. The Morgan fingerprint density at radius 3 is 2.77 bits per heavy atom. The average Bonchev–Trinajstić information content (AvgIpc) is 3.26. The quantitative estimate of drug-likeness (QED) is 0.379. The third-order valence-electron chi connectivity index (χ3n) is 6.04. The smallest absolute Gasteiger partial charge is 0.331 e. The largest absolute Gasteiger partial charge is 0.439 e. The van der Waals surface area contributed by atoms with Gasteiger partial charge in [0.15, 0.2) is 0 Å². The zero-order valence-corrected chi connectivity index (χ0v) is 19.5. The summed E-state index contributed by atoms with van der Waals surface area (Å²) in [5.41, 5.74) is 1.87. The van der Waals surface area contributed by atoms with Crippen LogP contribution < -0.4 is 25.6 Å². The molecular formula is C25H22N6O3S. The third-order valence-corrected chi connectivity index (χ3v) is 7.14. The topological polar surface area (TPSA) is 108 Å². The number of carbonyl (C=O) groups excluding carboxylic acids is 2. The van der Waals surface area contributed by atoms with Crippen LogP contribution in [0.1, 0.15) is 22.5 Å². The highest BCUT2D eigenvalue weighted by molar-refractivity contribution is 7.21. The summed E-state index contributed by atoms with van der Waals surface area (Å²) in [7, 11) is 0. The van der Waals surface area contributed by atoms with E-state index in [-0.39, 0.29) is 18.0 Å². The molecule has 10 heteroatoms. The van der Waals surface area contributed by atoms with Crippen LogP contribution in [0.4, 0.5) is 21.9 Å². The molecule has 0 bridgehead atoms. The number of ether oxygens (including phenoxy) is 1. The summed E-state index contributed by atoms with van der Waals surface area (Å²) in [4.78, 5) is 37.7. The molecule has 1 saturated heterocycles. The summed E-state index contributed by atoms with van der Waals surface area (Å²) >= 11 is 1.29. The molecule has 3 N–H and O–H groups in total. The van der Waals surface area contributed by atoms with Crippen LogP contribution in [0.2, 0.25) is 0 Å². The van der Waals surface area contributed by atoms with Gasteiger partial charge in [0.2, 0.25) is 5.88 Å². The summed E-state index contributed by atoms with van der Waals surface area (Å²) in [5, 5.41) is 10.1. The van der Waals surface area contributed by atoms with Gasteiger partial charge in [0.25, 0.3) is 5.91 Å². The minimum atomic E-state index is -0.338. The van der Waals surface area contributed by atoms with E-state index >= 15 is 0 Å². The van der Waals surface area contributed by atoms with Crippen LogP contribution in [0.3, 0.4) is 0 Å². The lowest BCUT2D eigenvalue weighted by Gasteiger charge is -2.28. The van der Waals surface area contributed by atoms with Crippen LogP contribution in [-0.2, 0) is 0 Å². The maximum Gasteiger partial charge on any atom is 0.331 e. The van der Waals surface area contributed by atoms with Crippen LogP contribution in [0, 0.1) is 0 Å². The minimum absolute atomic E-state index is 0.0729. The molecule has 2 aliphatic rings. The van der Waals surface area contributed by atoms with E-state index in [1.807, 2.05) is 24.3 Å². The molecule has 0 radical (unpaired) electrons. The molecule has 4 aromatic rings. The zero-order chi connectivity index (χ0) is 23.8. The van der Waals surface area contributed by atoms with Crippen LogP contribution in [0.25, 0.3) is 10.2 Å². The number of thiophene rings is 1. The lowest BCUT2D eigenvalue weighted by atomic mass is 10.1. The standard InChI is InChI=1S/C25H22N6O3S/c32-23(29-15-4-3-11-26-14-15)22-21-20-18(10-13-28-24(20)35-22)31(25(33)30-21)16-6-8-17(9-7-16)34-19-5-1-2-12-27-19/h1-2,5-10,12-13,15,26H,3-4,11,14H2,(H,29,32)(H,30,33). The Morgan fingerprint density at radius 2 is 2.00 bits per heavy atom. The number of pyridine rings is 2. The van der Waals surface area contributed by atoms with E-state index in [0.717, 1.165) is 31.3 Å². The average molecular weight is 487 g/mol. The number of nitrogens with one attached hydrogen (secondary N) is 3. The van der Waals surface area contributed by atoms with Gasteiger partial charge in [-0.05, 0) is 55.8 Å². The number of carbonyl (C=O) groups is 2. The second-order valence-corrected chi connectivity index (χ2v) is 9.36. The van der Waals surface area contributed by atoms with Gasteiger partial charge in [-0.3, -0.25) is 9.69 Å². The van der Waals surface area contributed by atoms with Crippen molar-refractivity contribution in [3.05, 3.63) is 65.8 Å². The molecule has 6 rings (SSSR count). The predicted octanol–water partition coefficient (Wildman–Crippen LogP) is 4.65. The molecule has 35 heavy (non-hydrogen) atoms. The number of piperidine rings is 1. The molecule has 3 aromatic heterocycles. The summed E-state index contributed by atoms with van der Waals surface area (Å²) in [6.45, 7) is 1.71. The van der Waals surface area contributed by atoms with Crippen molar-refractivity contribution in [1.29, 1.82) is 0 Å². The molecule has 0 aliphatic carbocycles. The van der Waals surface area contributed by atoms with E-state index in [1.54, 1.807) is 41.6 Å². The first-order valence-corrected chi connectivity index (χ1v) is 12.2. The summed E-state index contributed by atoms with van der Waals surface area (Å²) in [5.74, 6) is 0.911. The Labute approximate surface area is 205 Å². The first-order chi connectivity index (χ1) is 17.2. The van der Waals surface area contributed by atoms with Crippen LogP contribution >= 0.6 is 11.3 Å². The summed E-state index contributed by atoms with van der Waals surface area (Å²) in [6.07, 6.45) is 5.28. The Kier molecular flexibility index (Phi) is 5.51. The van der Waals surface area contributed by atoms with E-state index in [1.165, 1.54) is 11.3 Å². The molecule has 1 aromatic carbocycles. The van der Waals surface area contributed by atoms with Gasteiger partial charge in [0.1, 0.15) is 15.5 Å². The molecule has 9 nitrogen and oxygen atoms in total. The molecule has 2 aliphatic heterocycles. The maximum absolute atomic E-state index is 13.3. The maximum atomic E-state index is 13.3. The van der Waals surface area contributed by atoms with E-state index in [9.17, 15) is 9.59 Å². The highest BCUT2D eigenvalue weighted by Crippen LogP contribution is 2.45. The zero-order valence-electron chi connectivity index (χ0n) is 18.7. The number of nitrogens with zero attached hydrogens (tertiary/aromatic N) is 3. The molecule has 3 amide bonds. The lowest BCUT2D eigenvalue weighted by Crippen LogP contribution is -2.45. The Bertz CT molecular complexity index is 1400. The van der Waals surface area contributed by atoms with Crippen molar-refractivity contribution >= 4 is 50.6 Å². The fourth-order valence-corrected chi connectivity index (χ4v) is 5.44. The lowest BCUT2D eigenvalue weighted by molar-refractivity contribution is 0.0935. The van der Waals surface area contributed by atoms with Gasteiger partial charge >= 0.3 is 6.03 Å². The number of benzene rings is 1. The fraction of sp³-hybridized carbons (Fsp3) is 0.200. The first kappa shape index (κ1) is 21.5. The molecule has 176 valence electrons. The molecule has 0 spiro atoms. The highest BCUT2D eigenvalue weighted by Gasteiger charge is 2.33. The van der Waals surface area contributed by atoms with E-state index in [2.05, 4.69) is 25.9 Å². The number of hydrogen-bond donors (Lipinski definition) is 3. The number of rotatable bonds is 5. The SMILES string of the molecule is O=C(NC1CCCNC1)c1sc2nccc3c2c1NC(=O)N3c1ccc(Oc2ccccn2)cc1. The Morgan fingerprint density at radius 1 is 1.11 bits per heavy atom. The number of urea groups is 1. The molecule has 5 heterocycles. The summed E-state index contributed by atoms with van der Waals surface area (Å²) in [6, 6.07) is 14.2. The monoisotopic (exact) mass is 486 g/mol. The van der Waals surface area contributed by atoms with Crippen molar-refractivity contribution < 1.29 is 14.3 Å². The van der Waals surface area contributed by atoms with E-state index in [0.29, 0.717) is 38.4 Å². The predicted molar refractivity (Wildman–Crippen MR) is 135 cm³/mol. The number of hydrogen-bond acceptors (Lipinski definition) is 7. The van der Waals surface area contributed by atoms with Crippen molar-refractivity contribution in [2.75, 3.05) is 23.3 Å². The number of amides is 3. The second-order valence-electron chi connectivity index (χ2n) is 8.36. The summed E-state index contributed by atoms with van der Waals surface area (Å²) < 4.78 is 5.77.